The summed E-state index contributed by atoms with van der Waals surface area (Å²) >= 11 is 7.63. The van der Waals surface area contributed by atoms with Gasteiger partial charge in [0.15, 0.2) is 0 Å². The highest BCUT2D eigenvalue weighted by molar-refractivity contribution is 7.98. The number of benzene rings is 1. The Morgan fingerprint density at radius 3 is 2.72 bits per heavy atom. The van der Waals surface area contributed by atoms with E-state index in [1.807, 2.05) is 11.8 Å². The van der Waals surface area contributed by atoms with Crippen molar-refractivity contribution >= 4 is 23.4 Å². The van der Waals surface area contributed by atoms with Crippen molar-refractivity contribution in [1.29, 1.82) is 0 Å². The van der Waals surface area contributed by atoms with Crippen molar-refractivity contribution in [1.82, 2.24) is 5.32 Å². The molecule has 0 unspecified atom stereocenters. The molecule has 1 rings (SSSR count). The predicted octanol–water partition coefficient (Wildman–Crippen LogP) is 4.49. The fraction of sp³-hybridized carbons (Fsp3) is 0.571. The van der Waals surface area contributed by atoms with Crippen LogP contribution in [0.4, 0.5) is 4.39 Å². The average Bonchev–Trinajstić information content (AvgIpc) is 2.37. The maximum atomic E-state index is 12.9. The molecule has 0 spiro atoms. The molecule has 0 amide bonds. The van der Waals surface area contributed by atoms with Gasteiger partial charge < -0.3 is 5.32 Å². The Morgan fingerprint density at radius 1 is 1.22 bits per heavy atom. The van der Waals surface area contributed by atoms with E-state index < -0.39 is 0 Å². The van der Waals surface area contributed by atoms with Crippen LogP contribution in [0, 0.1) is 5.82 Å². The van der Waals surface area contributed by atoms with Gasteiger partial charge in [-0.1, -0.05) is 30.5 Å². The fourth-order valence-corrected chi connectivity index (χ4v) is 2.43. The molecule has 0 bridgehead atoms. The molecule has 1 aromatic rings. The standard InChI is InChI=1S/C14H21ClFNS/c1-18-9-5-3-2-4-8-17-11-12-6-7-14(16)13(15)10-12/h6-7,10,17H,2-5,8-9,11H2,1H3. The van der Waals surface area contributed by atoms with Gasteiger partial charge in [-0.2, -0.15) is 11.8 Å². The summed E-state index contributed by atoms with van der Waals surface area (Å²) < 4.78 is 12.9. The number of unbranched alkanes of at least 4 members (excludes halogenated alkanes) is 3. The first-order chi connectivity index (χ1) is 8.74. The summed E-state index contributed by atoms with van der Waals surface area (Å²) in [5.41, 5.74) is 1.03. The van der Waals surface area contributed by atoms with E-state index >= 15 is 0 Å². The van der Waals surface area contributed by atoms with Crippen LogP contribution in [0.3, 0.4) is 0 Å². The molecule has 0 fully saturated rings. The van der Waals surface area contributed by atoms with Crippen molar-refractivity contribution in [3.05, 3.63) is 34.6 Å². The first-order valence-corrected chi connectivity index (χ1v) is 8.15. The molecule has 0 saturated heterocycles. The summed E-state index contributed by atoms with van der Waals surface area (Å²) in [6.07, 6.45) is 7.25. The first-order valence-electron chi connectivity index (χ1n) is 6.37. The van der Waals surface area contributed by atoms with E-state index in [2.05, 4.69) is 11.6 Å². The highest BCUT2D eigenvalue weighted by Gasteiger charge is 2.00. The lowest BCUT2D eigenvalue weighted by atomic mass is 10.2. The summed E-state index contributed by atoms with van der Waals surface area (Å²) in [7, 11) is 0. The molecule has 4 heteroatoms. The number of hydrogen-bond donors (Lipinski definition) is 1. The second-order valence-electron chi connectivity index (χ2n) is 4.33. The average molecular weight is 290 g/mol. The normalized spacial score (nSPS) is 10.8. The maximum Gasteiger partial charge on any atom is 0.141 e. The van der Waals surface area contributed by atoms with Crippen molar-refractivity contribution in [2.24, 2.45) is 0 Å². The fourth-order valence-electron chi connectivity index (χ4n) is 1.73. The van der Waals surface area contributed by atoms with Crippen LogP contribution in [0.2, 0.25) is 5.02 Å². The lowest BCUT2D eigenvalue weighted by Crippen LogP contribution is -2.14. The summed E-state index contributed by atoms with van der Waals surface area (Å²) in [4.78, 5) is 0. The van der Waals surface area contributed by atoms with Crippen LogP contribution in [0.25, 0.3) is 0 Å². The number of thioether (sulfide) groups is 1. The van der Waals surface area contributed by atoms with Crippen molar-refractivity contribution in [2.75, 3.05) is 18.6 Å². The zero-order valence-electron chi connectivity index (χ0n) is 10.8. The van der Waals surface area contributed by atoms with Crippen molar-refractivity contribution < 1.29 is 4.39 Å². The summed E-state index contributed by atoms with van der Waals surface area (Å²) in [6.45, 7) is 1.76. The molecule has 0 radical (unpaired) electrons. The summed E-state index contributed by atoms with van der Waals surface area (Å²) in [5, 5.41) is 3.55. The van der Waals surface area contributed by atoms with E-state index in [0.29, 0.717) is 0 Å². The number of halogens is 2. The van der Waals surface area contributed by atoms with Gasteiger partial charge in [-0.3, -0.25) is 0 Å². The minimum Gasteiger partial charge on any atom is -0.313 e. The van der Waals surface area contributed by atoms with Gasteiger partial charge in [-0.05, 0) is 49.1 Å². The largest absolute Gasteiger partial charge is 0.313 e. The Labute approximate surface area is 118 Å². The van der Waals surface area contributed by atoms with Crippen LogP contribution in [-0.2, 0) is 6.54 Å². The van der Waals surface area contributed by atoms with Gasteiger partial charge in [0.1, 0.15) is 5.82 Å². The molecule has 18 heavy (non-hydrogen) atoms. The predicted molar refractivity (Wildman–Crippen MR) is 80.0 cm³/mol. The Hall–Kier alpha value is -0.250. The van der Waals surface area contributed by atoms with Crippen LogP contribution < -0.4 is 5.32 Å². The third-order valence-electron chi connectivity index (χ3n) is 2.77. The SMILES string of the molecule is CSCCCCCCNCc1ccc(F)c(Cl)c1. The molecule has 0 aliphatic rings. The van der Waals surface area contributed by atoms with Crippen molar-refractivity contribution in [3.8, 4) is 0 Å². The molecule has 0 aliphatic heterocycles. The van der Waals surface area contributed by atoms with E-state index in [1.54, 1.807) is 12.1 Å². The smallest absolute Gasteiger partial charge is 0.141 e. The first kappa shape index (κ1) is 15.8. The zero-order chi connectivity index (χ0) is 13.2. The van der Waals surface area contributed by atoms with Gasteiger partial charge in [0.25, 0.3) is 0 Å². The monoisotopic (exact) mass is 289 g/mol. The van der Waals surface area contributed by atoms with Gasteiger partial charge in [0.05, 0.1) is 5.02 Å². The highest BCUT2D eigenvalue weighted by Crippen LogP contribution is 2.15. The molecular formula is C14H21ClFNS. The Kier molecular flexibility index (Phi) is 8.47. The van der Waals surface area contributed by atoms with Crippen molar-refractivity contribution in [2.45, 2.75) is 32.2 Å². The molecule has 0 saturated carbocycles. The molecule has 0 atom stereocenters. The second-order valence-corrected chi connectivity index (χ2v) is 5.73. The molecular weight excluding hydrogens is 269 g/mol. The topological polar surface area (TPSA) is 12.0 Å². The highest BCUT2D eigenvalue weighted by atomic mass is 35.5. The van der Waals surface area contributed by atoms with Gasteiger partial charge in [-0.15, -0.1) is 0 Å². The number of rotatable bonds is 9. The molecule has 1 nitrogen and oxygen atoms in total. The second kappa shape index (κ2) is 9.65. The van der Waals surface area contributed by atoms with E-state index in [0.717, 1.165) is 18.7 Å². The maximum absolute atomic E-state index is 12.9. The molecule has 0 aromatic heterocycles. The van der Waals surface area contributed by atoms with E-state index in [1.165, 1.54) is 37.5 Å². The summed E-state index contributed by atoms with van der Waals surface area (Å²) in [5.74, 6) is 0.913. The van der Waals surface area contributed by atoms with Crippen LogP contribution in [-0.4, -0.2) is 18.6 Å². The third kappa shape index (κ3) is 6.62. The minimum atomic E-state index is -0.353. The lowest BCUT2D eigenvalue weighted by Gasteiger charge is -2.05. The molecule has 0 heterocycles. The zero-order valence-corrected chi connectivity index (χ0v) is 12.4. The van der Waals surface area contributed by atoms with E-state index in [4.69, 9.17) is 11.6 Å². The Bertz CT molecular complexity index is 347. The van der Waals surface area contributed by atoms with Crippen LogP contribution in [0.1, 0.15) is 31.2 Å². The summed E-state index contributed by atoms with van der Waals surface area (Å²) in [6, 6.07) is 4.87. The van der Waals surface area contributed by atoms with Crippen LogP contribution in [0.5, 0.6) is 0 Å². The number of nitrogens with one attached hydrogen (secondary N) is 1. The third-order valence-corrected chi connectivity index (χ3v) is 3.75. The lowest BCUT2D eigenvalue weighted by molar-refractivity contribution is 0.597. The Balaban J connectivity index is 2.05. The van der Waals surface area contributed by atoms with Crippen LogP contribution in [0.15, 0.2) is 18.2 Å². The molecule has 1 aromatic carbocycles. The number of hydrogen-bond acceptors (Lipinski definition) is 2. The van der Waals surface area contributed by atoms with Gasteiger partial charge in [0, 0.05) is 6.54 Å². The molecule has 1 N–H and O–H groups in total. The minimum absolute atomic E-state index is 0.200. The van der Waals surface area contributed by atoms with Gasteiger partial charge in [0.2, 0.25) is 0 Å². The van der Waals surface area contributed by atoms with Crippen LogP contribution >= 0.6 is 23.4 Å². The van der Waals surface area contributed by atoms with Crippen molar-refractivity contribution in [3.63, 3.8) is 0 Å². The van der Waals surface area contributed by atoms with Gasteiger partial charge in [-0.25, -0.2) is 4.39 Å². The molecule has 102 valence electrons. The van der Waals surface area contributed by atoms with E-state index in [9.17, 15) is 4.39 Å². The van der Waals surface area contributed by atoms with Gasteiger partial charge >= 0.3 is 0 Å². The van der Waals surface area contributed by atoms with E-state index in [-0.39, 0.29) is 10.8 Å². The Morgan fingerprint density at radius 2 is 2.00 bits per heavy atom. The molecule has 0 aliphatic carbocycles. The quantitative estimate of drug-likeness (QED) is 0.672.